The largest absolute Gasteiger partial charge is 0.370 e. The van der Waals surface area contributed by atoms with Crippen molar-refractivity contribution in [2.45, 2.75) is 75.9 Å². The number of ether oxygens (including phenoxy) is 1. The lowest BCUT2D eigenvalue weighted by Crippen LogP contribution is -2.41. The van der Waals surface area contributed by atoms with Crippen molar-refractivity contribution >= 4 is 15.9 Å². The summed E-state index contributed by atoms with van der Waals surface area (Å²) >= 11 is 3.60. The van der Waals surface area contributed by atoms with Crippen molar-refractivity contribution in [1.82, 2.24) is 4.90 Å². The Bertz CT molecular complexity index is 301. The average Bonchev–Trinajstić information content (AvgIpc) is 2.83. The van der Waals surface area contributed by atoms with E-state index in [1.54, 1.807) is 0 Å². The Morgan fingerprint density at radius 2 is 1.90 bits per heavy atom. The highest BCUT2D eigenvalue weighted by Gasteiger charge is 2.41. The molecule has 0 aromatic rings. The summed E-state index contributed by atoms with van der Waals surface area (Å²) in [4.78, 5) is 2.68. The predicted molar refractivity (Wildman–Crippen MR) is 87.5 cm³/mol. The third kappa shape index (κ3) is 3.78. The van der Waals surface area contributed by atoms with E-state index < -0.39 is 0 Å². The zero-order chi connectivity index (χ0) is 13.8. The molecule has 0 bridgehead atoms. The summed E-state index contributed by atoms with van der Waals surface area (Å²) in [7, 11) is 0. The second-order valence-corrected chi connectivity index (χ2v) is 8.06. The predicted octanol–water partition coefficient (Wildman–Crippen LogP) is 4.37. The Morgan fingerprint density at radius 3 is 2.70 bits per heavy atom. The second-order valence-electron chi connectivity index (χ2n) is 7.27. The maximum atomic E-state index is 6.54. The molecule has 3 heteroatoms. The first-order chi connectivity index (χ1) is 9.80. The van der Waals surface area contributed by atoms with Crippen molar-refractivity contribution in [3.63, 3.8) is 0 Å². The first-order valence-electron chi connectivity index (χ1n) is 8.76. The van der Waals surface area contributed by atoms with Gasteiger partial charge in [-0.2, -0.15) is 0 Å². The summed E-state index contributed by atoms with van der Waals surface area (Å²) in [6, 6.07) is 0. The molecule has 3 aliphatic rings. The fourth-order valence-electron chi connectivity index (χ4n) is 4.58. The van der Waals surface area contributed by atoms with Crippen molar-refractivity contribution in [1.29, 1.82) is 0 Å². The Kier molecular flexibility index (Phi) is 5.44. The maximum Gasteiger partial charge on any atom is 0.0710 e. The van der Waals surface area contributed by atoms with Crippen LogP contribution in [0.15, 0.2) is 0 Å². The molecule has 1 aliphatic carbocycles. The Balaban J connectivity index is 1.46. The fraction of sp³-hybridized carbons (Fsp3) is 1.00. The summed E-state index contributed by atoms with van der Waals surface area (Å²) < 4.78 is 6.54. The standard InChI is InChI=1S/C17H30BrNO/c18-11-7-15-5-4-12-19(13-15)14-16-6-10-17(20-16)8-2-1-3-9-17/h15-16H,1-14H2. The molecule has 2 nitrogen and oxygen atoms in total. The molecule has 0 amide bonds. The monoisotopic (exact) mass is 343 g/mol. The van der Waals surface area contributed by atoms with E-state index in [2.05, 4.69) is 20.8 Å². The molecule has 0 aromatic heterocycles. The topological polar surface area (TPSA) is 12.5 Å². The molecule has 2 heterocycles. The molecule has 2 unspecified atom stereocenters. The van der Waals surface area contributed by atoms with Gasteiger partial charge < -0.3 is 9.64 Å². The summed E-state index contributed by atoms with van der Waals surface area (Å²) in [5.41, 5.74) is 0.300. The second kappa shape index (κ2) is 7.11. The van der Waals surface area contributed by atoms with Gasteiger partial charge in [-0.25, -0.2) is 0 Å². The van der Waals surface area contributed by atoms with Crippen LogP contribution in [0.1, 0.15) is 64.2 Å². The number of likely N-dealkylation sites (tertiary alicyclic amines) is 1. The number of piperidine rings is 1. The highest BCUT2D eigenvalue weighted by molar-refractivity contribution is 9.09. The normalized spacial score (nSPS) is 34.6. The molecule has 0 aromatic carbocycles. The van der Waals surface area contributed by atoms with Crippen molar-refractivity contribution in [2.75, 3.05) is 25.0 Å². The van der Waals surface area contributed by atoms with Crippen molar-refractivity contribution < 1.29 is 4.74 Å². The molecule has 3 fully saturated rings. The minimum Gasteiger partial charge on any atom is -0.370 e. The first kappa shape index (κ1) is 15.3. The molecule has 20 heavy (non-hydrogen) atoms. The van der Waals surface area contributed by atoms with E-state index in [9.17, 15) is 0 Å². The van der Waals surface area contributed by atoms with Gasteiger partial charge >= 0.3 is 0 Å². The lowest BCUT2D eigenvalue weighted by Gasteiger charge is -2.36. The third-order valence-corrected chi connectivity index (χ3v) is 6.14. The van der Waals surface area contributed by atoms with E-state index in [0.717, 1.165) is 11.2 Å². The summed E-state index contributed by atoms with van der Waals surface area (Å²) in [5, 5.41) is 1.16. The van der Waals surface area contributed by atoms with Crippen LogP contribution in [0.4, 0.5) is 0 Å². The van der Waals surface area contributed by atoms with Crippen molar-refractivity contribution in [3.8, 4) is 0 Å². The smallest absolute Gasteiger partial charge is 0.0710 e. The Hall–Kier alpha value is 0.400. The molecule has 116 valence electrons. The molecular weight excluding hydrogens is 314 g/mol. The van der Waals surface area contributed by atoms with Gasteiger partial charge in [-0.15, -0.1) is 0 Å². The van der Waals surface area contributed by atoms with Gasteiger partial charge in [-0.3, -0.25) is 0 Å². The minimum atomic E-state index is 0.300. The van der Waals surface area contributed by atoms with Gasteiger partial charge in [0.25, 0.3) is 0 Å². The fourth-order valence-corrected chi connectivity index (χ4v) is 5.23. The van der Waals surface area contributed by atoms with Crippen LogP contribution in [0.3, 0.4) is 0 Å². The highest BCUT2D eigenvalue weighted by atomic mass is 79.9. The van der Waals surface area contributed by atoms with Crippen LogP contribution < -0.4 is 0 Å². The number of alkyl halides is 1. The Labute approximate surface area is 132 Å². The van der Waals surface area contributed by atoms with Crippen LogP contribution in [-0.2, 0) is 4.74 Å². The molecule has 2 atom stereocenters. The van der Waals surface area contributed by atoms with Crippen molar-refractivity contribution in [2.24, 2.45) is 5.92 Å². The lowest BCUT2D eigenvalue weighted by atomic mass is 9.83. The molecule has 0 radical (unpaired) electrons. The minimum absolute atomic E-state index is 0.300. The van der Waals surface area contributed by atoms with Crippen LogP contribution in [-0.4, -0.2) is 41.6 Å². The van der Waals surface area contributed by atoms with E-state index in [0.29, 0.717) is 11.7 Å². The van der Waals surface area contributed by atoms with Crippen LogP contribution in [0.25, 0.3) is 0 Å². The van der Waals surface area contributed by atoms with Gasteiger partial charge in [-0.1, -0.05) is 35.2 Å². The van der Waals surface area contributed by atoms with E-state index in [4.69, 9.17) is 4.74 Å². The van der Waals surface area contributed by atoms with E-state index in [-0.39, 0.29) is 0 Å². The SMILES string of the molecule is BrCCC1CCCN(CC2CCC3(CCCCC3)O2)C1. The van der Waals surface area contributed by atoms with Gasteiger partial charge in [-0.05, 0) is 57.4 Å². The van der Waals surface area contributed by atoms with E-state index in [1.165, 1.54) is 83.8 Å². The zero-order valence-electron chi connectivity index (χ0n) is 12.8. The Morgan fingerprint density at radius 1 is 1.05 bits per heavy atom. The molecule has 0 N–H and O–H groups in total. The average molecular weight is 344 g/mol. The summed E-state index contributed by atoms with van der Waals surface area (Å²) in [6.45, 7) is 3.80. The van der Waals surface area contributed by atoms with Gasteiger partial charge in [0, 0.05) is 18.4 Å². The van der Waals surface area contributed by atoms with Gasteiger partial charge in [0.05, 0.1) is 11.7 Å². The molecular formula is C17H30BrNO. The number of hydrogen-bond acceptors (Lipinski definition) is 2. The number of rotatable bonds is 4. The van der Waals surface area contributed by atoms with Gasteiger partial charge in [0.1, 0.15) is 0 Å². The molecule has 1 spiro atoms. The highest BCUT2D eigenvalue weighted by Crippen LogP contribution is 2.42. The first-order valence-corrected chi connectivity index (χ1v) is 9.88. The number of hydrogen-bond donors (Lipinski definition) is 0. The van der Waals surface area contributed by atoms with Crippen LogP contribution >= 0.6 is 15.9 Å². The van der Waals surface area contributed by atoms with Crippen LogP contribution in [0.5, 0.6) is 0 Å². The summed E-state index contributed by atoms with van der Waals surface area (Å²) in [5.74, 6) is 0.910. The molecule has 3 rings (SSSR count). The van der Waals surface area contributed by atoms with Crippen LogP contribution in [0.2, 0.25) is 0 Å². The van der Waals surface area contributed by atoms with Crippen molar-refractivity contribution in [3.05, 3.63) is 0 Å². The maximum absolute atomic E-state index is 6.54. The zero-order valence-corrected chi connectivity index (χ0v) is 14.4. The molecule has 2 aliphatic heterocycles. The number of halogens is 1. The summed E-state index contributed by atoms with van der Waals surface area (Å²) in [6.07, 6.45) is 14.2. The third-order valence-electron chi connectivity index (χ3n) is 5.69. The van der Waals surface area contributed by atoms with Crippen LogP contribution in [0, 0.1) is 5.92 Å². The molecule has 2 saturated heterocycles. The van der Waals surface area contributed by atoms with Gasteiger partial charge in [0.2, 0.25) is 0 Å². The van der Waals surface area contributed by atoms with E-state index >= 15 is 0 Å². The van der Waals surface area contributed by atoms with E-state index in [1.807, 2.05) is 0 Å². The molecule has 1 saturated carbocycles. The quantitative estimate of drug-likeness (QED) is 0.703. The number of nitrogens with zero attached hydrogens (tertiary/aromatic N) is 1. The van der Waals surface area contributed by atoms with Gasteiger partial charge in [0.15, 0.2) is 0 Å². The lowest BCUT2D eigenvalue weighted by molar-refractivity contribution is -0.0741.